The van der Waals surface area contributed by atoms with Crippen molar-refractivity contribution in [3.05, 3.63) is 41.8 Å². The van der Waals surface area contributed by atoms with Gasteiger partial charge >= 0.3 is 6.01 Å². The van der Waals surface area contributed by atoms with Gasteiger partial charge < -0.3 is 9.32 Å². The highest BCUT2D eigenvalue weighted by molar-refractivity contribution is 6.20. The SMILES string of the molecule is CC(Cl)c1nnc(N2CCC(c3ccccc3)C2)o1. The third kappa shape index (κ3) is 2.59. The van der Waals surface area contributed by atoms with Crippen LogP contribution in [-0.2, 0) is 0 Å². The van der Waals surface area contributed by atoms with Crippen LogP contribution in [0, 0.1) is 0 Å². The molecule has 0 aliphatic carbocycles. The van der Waals surface area contributed by atoms with Crippen molar-refractivity contribution in [1.82, 2.24) is 10.2 Å². The van der Waals surface area contributed by atoms with E-state index < -0.39 is 0 Å². The average Bonchev–Trinajstić information content (AvgIpc) is 3.09. The highest BCUT2D eigenvalue weighted by Crippen LogP contribution is 2.31. The molecule has 2 unspecified atom stereocenters. The molecule has 1 aromatic heterocycles. The second-order valence-electron chi connectivity index (χ2n) is 4.88. The highest BCUT2D eigenvalue weighted by Gasteiger charge is 2.27. The first kappa shape index (κ1) is 12.5. The Morgan fingerprint density at radius 1 is 1.32 bits per heavy atom. The van der Waals surface area contributed by atoms with Gasteiger partial charge in [0.2, 0.25) is 5.89 Å². The zero-order valence-electron chi connectivity index (χ0n) is 10.8. The molecule has 3 rings (SSSR count). The van der Waals surface area contributed by atoms with Gasteiger partial charge in [0.05, 0.1) is 0 Å². The van der Waals surface area contributed by atoms with Gasteiger partial charge in [-0.3, -0.25) is 0 Å². The van der Waals surface area contributed by atoms with E-state index in [0.717, 1.165) is 19.5 Å². The molecule has 100 valence electrons. The Kier molecular flexibility index (Phi) is 3.42. The summed E-state index contributed by atoms with van der Waals surface area (Å²) in [6, 6.07) is 11.1. The van der Waals surface area contributed by atoms with E-state index in [1.54, 1.807) is 0 Å². The van der Waals surface area contributed by atoms with E-state index in [0.29, 0.717) is 17.8 Å². The third-order valence-electron chi connectivity index (χ3n) is 3.50. The van der Waals surface area contributed by atoms with Crippen molar-refractivity contribution in [3.8, 4) is 0 Å². The fraction of sp³-hybridized carbons (Fsp3) is 0.429. The van der Waals surface area contributed by atoms with Gasteiger partial charge in [-0.25, -0.2) is 0 Å². The van der Waals surface area contributed by atoms with Crippen molar-refractivity contribution < 1.29 is 4.42 Å². The fourth-order valence-electron chi connectivity index (χ4n) is 2.45. The van der Waals surface area contributed by atoms with Crippen LogP contribution in [0.15, 0.2) is 34.7 Å². The van der Waals surface area contributed by atoms with Crippen molar-refractivity contribution in [2.24, 2.45) is 0 Å². The fourth-order valence-corrected chi connectivity index (χ4v) is 2.53. The molecule has 0 bridgehead atoms. The number of hydrogen-bond acceptors (Lipinski definition) is 4. The van der Waals surface area contributed by atoms with Crippen LogP contribution in [0.5, 0.6) is 0 Å². The van der Waals surface area contributed by atoms with E-state index in [1.807, 2.05) is 13.0 Å². The first-order valence-electron chi connectivity index (χ1n) is 6.51. The number of aromatic nitrogens is 2. The molecule has 2 atom stereocenters. The van der Waals surface area contributed by atoms with Crippen LogP contribution in [0.25, 0.3) is 0 Å². The number of nitrogens with zero attached hydrogens (tertiary/aromatic N) is 3. The minimum Gasteiger partial charge on any atom is -0.406 e. The topological polar surface area (TPSA) is 42.2 Å². The molecule has 0 amide bonds. The van der Waals surface area contributed by atoms with Gasteiger partial charge in [-0.2, -0.15) is 0 Å². The second-order valence-corrected chi connectivity index (χ2v) is 5.54. The van der Waals surface area contributed by atoms with Crippen molar-refractivity contribution in [3.63, 3.8) is 0 Å². The van der Waals surface area contributed by atoms with Crippen LogP contribution in [0.1, 0.15) is 36.1 Å². The summed E-state index contributed by atoms with van der Waals surface area (Å²) >= 11 is 5.93. The lowest BCUT2D eigenvalue weighted by atomic mass is 9.99. The van der Waals surface area contributed by atoms with Gasteiger partial charge in [-0.1, -0.05) is 35.4 Å². The van der Waals surface area contributed by atoms with Crippen LogP contribution in [-0.4, -0.2) is 23.3 Å². The molecule has 1 fully saturated rings. The van der Waals surface area contributed by atoms with Gasteiger partial charge in [0.15, 0.2) is 0 Å². The molecule has 1 aliphatic heterocycles. The van der Waals surface area contributed by atoms with E-state index in [-0.39, 0.29) is 5.38 Å². The number of halogens is 1. The summed E-state index contributed by atoms with van der Waals surface area (Å²) in [5, 5.41) is 7.80. The van der Waals surface area contributed by atoms with Crippen molar-refractivity contribution in [2.45, 2.75) is 24.6 Å². The molecule has 0 radical (unpaired) electrons. The Morgan fingerprint density at radius 2 is 2.11 bits per heavy atom. The van der Waals surface area contributed by atoms with Gasteiger partial charge in [-0.05, 0) is 18.9 Å². The molecule has 0 spiro atoms. The van der Waals surface area contributed by atoms with Crippen LogP contribution < -0.4 is 4.90 Å². The predicted octanol–water partition coefficient (Wildman–Crippen LogP) is 3.36. The van der Waals surface area contributed by atoms with Crippen LogP contribution in [0.2, 0.25) is 0 Å². The molecular weight excluding hydrogens is 262 g/mol. The Balaban J connectivity index is 1.71. The lowest BCUT2D eigenvalue weighted by Gasteiger charge is -2.13. The molecule has 0 N–H and O–H groups in total. The van der Waals surface area contributed by atoms with E-state index in [2.05, 4.69) is 39.4 Å². The standard InChI is InChI=1S/C14H16ClN3O/c1-10(15)13-16-17-14(19-13)18-8-7-12(9-18)11-5-3-2-4-6-11/h2-6,10,12H,7-9H2,1H3. The average molecular weight is 278 g/mol. The predicted molar refractivity (Wildman–Crippen MR) is 74.6 cm³/mol. The highest BCUT2D eigenvalue weighted by atomic mass is 35.5. The first-order chi connectivity index (χ1) is 9.24. The Hall–Kier alpha value is -1.55. The molecular formula is C14H16ClN3O. The number of rotatable bonds is 3. The molecule has 1 saturated heterocycles. The summed E-state index contributed by atoms with van der Waals surface area (Å²) in [5.41, 5.74) is 1.37. The molecule has 5 heteroatoms. The zero-order chi connectivity index (χ0) is 13.2. The molecule has 2 aromatic rings. The van der Waals surface area contributed by atoms with Crippen LogP contribution in [0.3, 0.4) is 0 Å². The molecule has 1 aliphatic rings. The Bertz CT molecular complexity index is 541. The maximum Gasteiger partial charge on any atom is 0.318 e. The van der Waals surface area contributed by atoms with E-state index in [9.17, 15) is 0 Å². The summed E-state index contributed by atoms with van der Waals surface area (Å²) in [6.07, 6.45) is 1.11. The second kappa shape index (κ2) is 5.21. The molecule has 4 nitrogen and oxygen atoms in total. The monoisotopic (exact) mass is 277 g/mol. The lowest BCUT2D eigenvalue weighted by molar-refractivity contribution is 0.490. The smallest absolute Gasteiger partial charge is 0.318 e. The largest absolute Gasteiger partial charge is 0.406 e. The number of hydrogen-bond donors (Lipinski definition) is 0. The number of alkyl halides is 1. The van der Waals surface area contributed by atoms with Crippen molar-refractivity contribution in [2.75, 3.05) is 18.0 Å². The van der Waals surface area contributed by atoms with Crippen LogP contribution >= 0.6 is 11.6 Å². The maximum absolute atomic E-state index is 5.93. The van der Waals surface area contributed by atoms with E-state index in [1.165, 1.54) is 5.56 Å². The van der Waals surface area contributed by atoms with E-state index in [4.69, 9.17) is 16.0 Å². The summed E-state index contributed by atoms with van der Waals surface area (Å²) in [4.78, 5) is 2.13. The Labute approximate surface area is 117 Å². The first-order valence-corrected chi connectivity index (χ1v) is 6.95. The van der Waals surface area contributed by atoms with Crippen molar-refractivity contribution >= 4 is 17.6 Å². The summed E-state index contributed by atoms with van der Waals surface area (Å²) < 4.78 is 5.58. The van der Waals surface area contributed by atoms with Gasteiger partial charge in [0.1, 0.15) is 5.38 Å². The molecule has 19 heavy (non-hydrogen) atoms. The van der Waals surface area contributed by atoms with Gasteiger partial charge in [-0.15, -0.1) is 16.7 Å². The summed E-state index contributed by atoms with van der Waals surface area (Å²) in [7, 11) is 0. The van der Waals surface area contributed by atoms with Gasteiger partial charge in [0, 0.05) is 19.0 Å². The summed E-state index contributed by atoms with van der Waals surface area (Å²) in [6.45, 7) is 3.69. The minimum absolute atomic E-state index is 0.242. The molecule has 0 saturated carbocycles. The molecule has 1 aromatic carbocycles. The van der Waals surface area contributed by atoms with Crippen LogP contribution in [0.4, 0.5) is 6.01 Å². The third-order valence-corrected chi connectivity index (χ3v) is 3.69. The van der Waals surface area contributed by atoms with E-state index >= 15 is 0 Å². The van der Waals surface area contributed by atoms with Crippen molar-refractivity contribution in [1.29, 1.82) is 0 Å². The summed E-state index contributed by atoms with van der Waals surface area (Å²) in [5.74, 6) is 1.02. The minimum atomic E-state index is -0.242. The zero-order valence-corrected chi connectivity index (χ0v) is 11.5. The molecule has 2 heterocycles. The lowest BCUT2D eigenvalue weighted by Crippen LogP contribution is -2.19. The van der Waals surface area contributed by atoms with Gasteiger partial charge in [0.25, 0.3) is 0 Å². The Morgan fingerprint density at radius 3 is 2.79 bits per heavy atom. The number of anilines is 1. The normalized spacial score (nSPS) is 20.7. The maximum atomic E-state index is 5.93. The quantitative estimate of drug-likeness (QED) is 0.807. The number of benzene rings is 1.